The number of carbonyl (C=O) groups excluding carboxylic acids is 1. The first-order valence-corrected chi connectivity index (χ1v) is 13.8. The van der Waals surface area contributed by atoms with Crippen LogP contribution in [0, 0.1) is 58.2 Å². The fourth-order valence-corrected chi connectivity index (χ4v) is 9.68. The molecule has 0 radical (unpaired) electrons. The van der Waals surface area contributed by atoms with Gasteiger partial charge in [-0.25, -0.2) is 0 Å². The lowest BCUT2D eigenvalue weighted by atomic mass is 9.44. The Morgan fingerprint density at radius 2 is 1.65 bits per heavy atom. The molecule has 4 aliphatic rings. The predicted molar refractivity (Wildman–Crippen MR) is 129 cm³/mol. The van der Waals surface area contributed by atoms with Crippen molar-refractivity contribution in [2.75, 3.05) is 0 Å². The molecule has 4 fully saturated rings. The Hall–Kier alpha value is -0.370. The maximum atomic E-state index is 13.3. The number of rotatable bonds is 6. The maximum absolute atomic E-state index is 13.3. The van der Waals surface area contributed by atoms with Gasteiger partial charge in [-0.05, 0) is 104 Å². The van der Waals surface area contributed by atoms with E-state index in [0.29, 0.717) is 23.0 Å². The summed E-state index contributed by atoms with van der Waals surface area (Å²) in [5, 5.41) is 10.3. The average Bonchev–Trinajstić information content (AvgIpc) is 3.07. The molecular formula is C29H50O2. The van der Waals surface area contributed by atoms with E-state index in [9.17, 15) is 9.90 Å². The van der Waals surface area contributed by atoms with Crippen LogP contribution in [0.5, 0.6) is 0 Å². The van der Waals surface area contributed by atoms with Crippen LogP contribution in [-0.4, -0.2) is 17.0 Å². The van der Waals surface area contributed by atoms with Crippen LogP contribution >= 0.6 is 0 Å². The van der Waals surface area contributed by atoms with Gasteiger partial charge in [-0.1, -0.05) is 54.4 Å². The highest BCUT2D eigenvalue weighted by atomic mass is 16.3. The number of hydrogen-bond donors (Lipinski definition) is 1. The first-order valence-electron chi connectivity index (χ1n) is 13.8. The highest BCUT2D eigenvalue weighted by molar-refractivity contribution is 5.83. The van der Waals surface area contributed by atoms with Crippen LogP contribution < -0.4 is 0 Å². The maximum Gasteiger partial charge on any atom is 0.136 e. The molecule has 0 saturated heterocycles. The third-order valence-corrected chi connectivity index (χ3v) is 11.6. The summed E-state index contributed by atoms with van der Waals surface area (Å²) in [5.74, 6) is 6.02. The summed E-state index contributed by atoms with van der Waals surface area (Å²) in [7, 11) is 0. The van der Waals surface area contributed by atoms with E-state index in [1.54, 1.807) is 0 Å². The fourth-order valence-electron chi connectivity index (χ4n) is 9.68. The molecule has 4 aliphatic carbocycles. The van der Waals surface area contributed by atoms with Gasteiger partial charge in [-0.2, -0.15) is 0 Å². The lowest BCUT2D eigenvalue weighted by molar-refractivity contribution is -0.160. The Labute approximate surface area is 192 Å². The second-order valence-electron chi connectivity index (χ2n) is 13.2. The van der Waals surface area contributed by atoms with Gasteiger partial charge in [0.2, 0.25) is 0 Å². The Morgan fingerprint density at radius 3 is 2.32 bits per heavy atom. The lowest BCUT2D eigenvalue weighted by Gasteiger charge is -2.60. The highest BCUT2D eigenvalue weighted by Gasteiger charge is 2.62. The standard InChI is InChI=1S/C29H50O2/c1-7-20(18(2)3)9-8-19(4)23-10-11-24-22-17-27(31)26-16-21(30)12-14-29(26,6)25(22)13-15-28(23,24)5/h18-26,30H,7-17H2,1-6H3. The van der Waals surface area contributed by atoms with E-state index in [-0.39, 0.29) is 17.4 Å². The summed E-state index contributed by atoms with van der Waals surface area (Å²) in [5.41, 5.74) is 0.591. The van der Waals surface area contributed by atoms with E-state index in [0.717, 1.165) is 55.3 Å². The molecule has 4 saturated carbocycles. The monoisotopic (exact) mass is 430 g/mol. The van der Waals surface area contributed by atoms with Crippen molar-refractivity contribution in [3.05, 3.63) is 0 Å². The van der Waals surface area contributed by atoms with Gasteiger partial charge in [0.1, 0.15) is 5.78 Å². The molecule has 31 heavy (non-hydrogen) atoms. The topological polar surface area (TPSA) is 37.3 Å². The minimum absolute atomic E-state index is 0.125. The molecule has 178 valence electrons. The number of hydrogen-bond acceptors (Lipinski definition) is 2. The van der Waals surface area contributed by atoms with Gasteiger partial charge in [0.25, 0.3) is 0 Å². The van der Waals surface area contributed by atoms with Crippen molar-refractivity contribution < 1.29 is 9.90 Å². The van der Waals surface area contributed by atoms with Gasteiger partial charge in [0.05, 0.1) is 6.10 Å². The van der Waals surface area contributed by atoms with Crippen molar-refractivity contribution >= 4 is 5.78 Å². The normalized spacial score (nSPS) is 46.9. The Morgan fingerprint density at radius 1 is 0.968 bits per heavy atom. The predicted octanol–water partition coefficient (Wildman–Crippen LogP) is 7.28. The molecular weight excluding hydrogens is 380 g/mol. The van der Waals surface area contributed by atoms with Gasteiger partial charge in [-0.3, -0.25) is 4.79 Å². The Kier molecular flexibility index (Phi) is 6.73. The van der Waals surface area contributed by atoms with E-state index in [2.05, 4.69) is 41.5 Å². The van der Waals surface area contributed by atoms with Gasteiger partial charge in [-0.15, -0.1) is 0 Å². The minimum Gasteiger partial charge on any atom is -0.393 e. The third-order valence-electron chi connectivity index (χ3n) is 11.6. The van der Waals surface area contributed by atoms with Crippen molar-refractivity contribution in [3.8, 4) is 0 Å². The number of Topliss-reactive ketones (excluding diaryl/α,β-unsaturated/α-hetero) is 1. The number of ketones is 1. The molecule has 0 bridgehead atoms. The number of aliphatic hydroxyl groups excluding tert-OH is 1. The molecule has 4 rings (SSSR count). The summed E-state index contributed by atoms with van der Waals surface area (Å²) in [4.78, 5) is 13.3. The summed E-state index contributed by atoms with van der Waals surface area (Å²) in [6, 6.07) is 0. The zero-order valence-electron chi connectivity index (χ0n) is 21.3. The Balaban J connectivity index is 1.49. The Bertz CT molecular complexity index is 655. The molecule has 2 nitrogen and oxygen atoms in total. The highest BCUT2D eigenvalue weighted by Crippen LogP contribution is 2.67. The van der Waals surface area contributed by atoms with Crippen LogP contribution in [0.3, 0.4) is 0 Å². The van der Waals surface area contributed by atoms with Gasteiger partial charge in [0.15, 0.2) is 0 Å². The number of aliphatic hydroxyl groups is 1. The lowest BCUT2D eigenvalue weighted by Crippen LogP contribution is -2.57. The molecule has 0 aliphatic heterocycles. The van der Waals surface area contributed by atoms with E-state index in [4.69, 9.17) is 0 Å². The first-order chi connectivity index (χ1) is 14.6. The number of fused-ring (bicyclic) bond motifs is 5. The second-order valence-corrected chi connectivity index (χ2v) is 13.2. The molecule has 0 aromatic heterocycles. The van der Waals surface area contributed by atoms with Crippen LogP contribution in [0.1, 0.15) is 112 Å². The fraction of sp³-hybridized carbons (Fsp3) is 0.966. The molecule has 0 amide bonds. The number of carbonyl (C=O) groups is 1. The van der Waals surface area contributed by atoms with Crippen LogP contribution in [0.15, 0.2) is 0 Å². The van der Waals surface area contributed by atoms with Gasteiger partial charge in [0, 0.05) is 12.3 Å². The van der Waals surface area contributed by atoms with Crippen molar-refractivity contribution in [2.24, 2.45) is 58.2 Å². The second kappa shape index (κ2) is 8.77. The third kappa shape index (κ3) is 3.95. The van der Waals surface area contributed by atoms with Crippen LogP contribution in [0.2, 0.25) is 0 Å². The zero-order valence-corrected chi connectivity index (χ0v) is 21.3. The molecule has 0 heterocycles. The van der Waals surface area contributed by atoms with Crippen molar-refractivity contribution in [2.45, 2.75) is 118 Å². The smallest absolute Gasteiger partial charge is 0.136 e. The van der Waals surface area contributed by atoms with Crippen molar-refractivity contribution in [3.63, 3.8) is 0 Å². The van der Waals surface area contributed by atoms with Crippen LogP contribution in [0.25, 0.3) is 0 Å². The van der Waals surface area contributed by atoms with E-state index in [1.807, 2.05) is 0 Å². The SMILES string of the molecule is CCC(CCC(C)C1CCC2C3CC(=O)C4CC(O)CCC4(C)C3CCC12C)C(C)C. The minimum atomic E-state index is -0.248. The molecule has 1 N–H and O–H groups in total. The van der Waals surface area contributed by atoms with Crippen molar-refractivity contribution in [1.29, 1.82) is 0 Å². The summed E-state index contributed by atoms with van der Waals surface area (Å²) in [6.07, 6.45) is 12.8. The van der Waals surface area contributed by atoms with Gasteiger partial charge >= 0.3 is 0 Å². The first kappa shape index (κ1) is 23.8. The van der Waals surface area contributed by atoms with Crippen molar-refractivity contribution in [1.82, 2.24) is 0 Å². The molecule has 10 unspecified atom stereocenters. The summed E-state index contributed by atoms with van der Waals surface area (Å²) >= 11 is 0. The zero-order chi connectivity index (χ0) is 22.6. The quantitative estimate of drug-likeness (QED) is 0.480. The molecule has 0 aromatic rings. The van der Waals surface area contributed by atoms with Gasteiger partial charge < -0.3 is 5.11 Å². The molecule has 2 heteroatoms. The molecule has 10 atom stereocenters. The van der Waals surface area contributed by atoms with E-state index in [1.165, 1.54) is 44.9 Å². The summed E-state index contributed by atoms with van der Waals surface area (Å²) in [6.45, 7) is 14.7. The summed E-state index contributed by atoms with van der Waals surface area (Å²) < 4.78 is 0. The van der Waals surface area contributed by atoms with Crippen LogP contribution in [0.4, 0.5) is 0 Å². The molecule has 0 aromatic carbocycles. The average molecular weight is 431 g/mol. The van der Waals surface area contributed by atoms with E-state index >= 15 is 0 Å². The molecule has 0 spiro atoms. The largest absolute Gasteiger partial charge is 0.393 e. The van der Waals surface area contributed by atoms with E-state index < -0.39 is 0 Å². The van der Waals surface area contributed by atoms with Crippen LogP contribution in [-0.2, 0) is 4.79 Å².